The summed E-state index contributed by atoms with van der Waals surface area (Å²) in [5, 5.41) is 0. The molecule has 1 saturated carbocycles. The van der Waals surface area contributed by atoms with Crippen LogP contribution in [0.25, 0.3) is 11.1 Å². The van der Waals surface area contributed by atoms with Gasteiger partial charge in [-0.2, -0.15) is 0 Å². The van der Waals surface area contributed by atoms with Gasteiger partial charge < -0.3 is 9.47 Å². The third-order valence-corrected chi connectivity index (χ3v) is 10.8. The number of imide groups is 1. The van der Waals surface area contributed by atoms with Gasteiger partial charge in [-0.1, -0.05) is 101 Å². The van der Waals surface area contributed by atoms with Crippen molar-refractivity contribution in [2.75, 3.05) is 19.1 Å². The minimum atomic E-state index is -1.48. The number of benzene rings is 5. The van der Waals surface area contributed by atoms with E-state index >= 15 is 14.4 Å². The first-order valence-electron chi connectivity index (χ1n) is 15.7. The van der Waals surface area contributed by atoms with Crippen molar-refractivity contribution in [1.29, 1.82) is 0 Å². The zero-order chi connectivity index (χ0) is 33.2. The van der Waals surface area contributed by atoms with Crippen molar-refractivity contribution in [1.82, 2.24) is 0 Å². The summed E-state index contributed by atoms with van der Waals surface area (Å²) in [6.45, 7) is 0. The molecule has 2 amide bonds. The van der Waals surface area contributed by atoms with Gasteiger partial charge in [-0.15, -0.1) is 0 Å². The number of ether oxygens (including phenoxy) is 2. The summed E-state index contributed by atoms with van der Waals surface area (Å²) in [5.41, 5.74) is 1.84. The van der Waals surface area contributed by atoms with Gasteiger partial charge in [0, 0.05) is 4.47 Å². The van der Waals surface area contributed by atoms with Gasteiger partial charge in [-0.25, -0.2) is 4.90 Å². The van der Waals surface area contributed by atoms with Crippen molar-refractivity contribution >= 4 is 50.4 Å². The number of carbonyl (C=O) groups is 3. The van der Waals surface area contributed by atoms with Crippen molar-refractivity contribution in [2.24, 2.45) is 11.8 Å². The van der Waals surface area contributed by atoms with Crippen LogP contribution in [0.5, 0.6) is 11.5 Å². The van der Waals surface area contributed by atoms with E-state index in [1.54, 1.807) is 26.4 Å². The molecule has 2 bridgehead atoms. The highest BCUT2D eigenvalue weighted by molar-refractivity contribution is 9.10. The average Bonchev–Trinajstić information content (AvgIpc) is 3.65. The molecule has 1 aliphatic heterocycles. The molecule has 0 N–H and O–H groups in total. The molecule has 8 rings (SSSR count). The Balaban J connectivity index is 1.54. The monoisotopic (exact) mass is 695 g/mol. The number of hydrogen-bond acceptors (Lipinski definition) is 5. The van der Waals surface area contributed by atoms with Gasteiger partial charge in [0.1, 0.15) is 11.5 Å². The van der Waals surface area contributed by atoms with Crippen LogP contribution in [0.1, 0.15) is 22.3 Å². The van der Waals surface area contributed by atoms with Crippen LogP contribution in [0.15, 0.2) is 138 Å². The molecule has 5 aromatic carbocycles. The largest absolute Gasteiger partial charge is 0.497 e. The number of fused-ring (bicyclic) bond motifs is 5. The van der Waals surface area contributed by atoms with Gasteiger partial charge in [0.15, 0.2) is 5.78 Å². The smallest absolute Gasteiger partial charge is 0.239 e. The van der Waals surface area contributed by atoms with E-state index in [2.05, 4.69) is 15.9 Å². The second-order valence-electron chi connectivity index (χ2n) is 12.3. The van der Waals surface area contributed by atoms with Gasteiger partial charge in [-0.05, 0) is 81.9 Å². The number of halogens is 1. The lowest BCUT2D eigenvalue weighted by Crippen LogP contribution is -2.45. The number of hydrogen-bond donors (Lipinski definition) is 0. The second-order valence-corrected chi connectivity index (χ2v) is 13.2. The molecule has 4 unspecified atom stereocenters. The lowest BCUT2D eigenvalue weighted by molar-refractivity contribution is -0.130. The molecule has 6 nitrogen and oxygen atoms in total. The molecule has 0 spiro atoms. The fourth-order valence-electron chi connectivity index (χ4n) is 8.48. The number of anilines is 1. The predicted octanol–water partition coefficient (Wildman–Crippen LogP) is 7.66. The second kappa shape index (κ2) is 11.2. The fourth-order valence-corrected chi connectivity index (χ4v) is 8.75. The summed E-state index contributed by atoms with van der Waals surface area (Å²) in [4.78, 5) is 47.4. The number of nitrogens with zero attached hydrogens (tertiary/aromatic N) is 1. The van der Waals surface area contributed by atoms with Crippen LogP contribution in [0.2, 0.25) is 0 Å². The normalized spacial score (nSPS) is 24.3. The van der Waals surface area contributed by atoms with Gasteiger partial charge in [0.05, 0.1) is 42.6 Å². The zero-order valence-corrected chi connectivity index (χ0v) is 27.8. The van der Waals surface area contributed by atoms with E-state index < -0.39 is 22.7 Å². The summed E-state index contributed by atoms with van der Waals surface area (Å²) in [5.74, 6) is -1.61. The molecular weight excluding hydrogens is 666 g/mol. The molecule has 0 radical (unpaired) electrons. The number of carbonyl (C=O) groups excluding carboxylic acids is 3. The van der Waals surface area contributed by atoms with Crippen LogP contribution in [0, 0.1) is 11.8 Å². The Bertz CT molecular complexity index is 1980. The molecule has 1 heterocycles. The Morgan fingerprint density at radius 2 is 0.938 bits per heavy atom. The van der Waals surface area contributed by atoms with E-state index in [0.29, 0.717) is 28.3 Å². The molecule has 5 aromatic rings. The van der Waals surface area contributed by atoms with Gasteiger partial charge in [0.2, 0.25) is 11.8 Å². The molecule has 2 fully saturated rings. The Hall–Kier alpha value is -5.27. The van der Waals surface area contributed by atoms with E-state index in [1.807, 2.05) is 121 Å². The van der Waals surface area contributed by atoms with E-state index in [1.165, 1.54) is 4.90 Å². The van der Waals surface area contributed by atoms with Crippen LogP contribution in [0.4, 0.5) is 5.69 Å². The fraction of sp³-hybridized carbons (Fsp3) is 0.146. The maximum atomic E-state index is 16.0. The van der Waals surface area contributed by atoms with Gasteiger partial charge >= 0.3 is 0 Å². The van der Waals surface area contributed by atoms with E-state index in [4.69, 9.17) is 9.47 Å². The third-order valence-electron chi connectivity index (χ3n) is 10.3. The molecule has 4 atom stereocenters. The van der Waals surface area contributed by atoms with Crippen molar-refractivity contribution in [2.45, 2.75) is 10.8 Å². The average molecular weight is 697 g/mol. The van der Waals surface area contributed by atoms with Crippen LogP contribution in [-0.4, -0.2) is 31.8 Å². The highest BCUT2D eigenvalue weighted by atomic mass is 79.9. The number of methoxy groups -OCH3 is 2. The quantitative estimate of drug-likeness (QED) is 0.164. The van der Waals surface area contributed by atoms with Crippen LogP contribution in [-0.2, 0) is 25.2 Å². The third kappa shape index (κ3) is 3.88. The summed E-state index contributed by atoms with van der Waals surface area (Å²) >= 11 is 3.48. The van der Waals surface area contributed by atoms with Crippen LogP contribution < -0.4 is 14.4 Å². The Morgan fingerprint density at radius 3 is 1.31 bits per heavy atom. The lowest BCUT2D eigenvalue weighted by Gasteiger charge is -2.39. The van der Waals surface area contributed by atoms with E-state index in [9.17, 15) is 0 Å². The van der Waals surface area contributed by atoms with Crippen molar-refractivity contribution in [3.63, 3.8) is 0 Å². The molecule has 236 valence electrons. The minimum Gasteiger partial charge on any atom is -0.497 e. The first kappa shape index (κ1) is 30.1. The maximum Gasteiger partial charge on any atom is 0.239 e. The molecule has 0 aromatic heterocycles. The van der Waals surface area contributed by atoms with Gasteiger partial charge in [-0.3, -0.25) is 14.4 Å². The van der Waals surface area contributed by atoms with Gasteiger partial charge in [0.25, 0.3) is 0 Å². The van der Waals surface area contributed by atoms with Crippen LogP contribution >= 0.6 is 15.9 Å². The van der Waals surface area contributed by atoms with Crippen LogP contribution in [0.3, 0.4) is 0 Å². The molecule has 1 saturated heterocycles. The Morgan fingerprint density at radius 1 is 0.542 bits per heavy atom. The molecule has 3 aliphatic rings. The number of rotatable bonds is 7. The highest BCUT2D eigenvalue weighted by Gasteiger charge is 2.82. The van der Waals surface area contributed by atoms with E-state index in [-0.39, 0.29) is 17.6 Å². The van der Waals surface area contributed by atoms with Crippen molar-refractivity contribution < 1.29 is 23.9 Å². The first-order valence-corrected chi connectivity index (χ1v) is 16.5. The lowest BCUT2D eigenvalue weighted by atomic mass is 9.59. The molecular formula is C41H30BrNO5. The standard InChI is InChI=1S/C41H30BrNO5/c1-47-31-21-13-25(14-22-31)33-34(26-15-23-32(48-2)24-16-26)41(28-11-7-4-8-12-28)36-35(40(33,39(41)46)27-9-5-3-6-10-27)37(44)43(38(36)45)30-19-17-29(42)18-20-30/h3-24,35-36H,1-2H3. The Kier molecular flexibility index (Phi) is 7.00. The molecule has 48 heavy (non-hydrogen) atoms. The minimum absolute atomic E-state index is 0.170. The zero-order valence-electron chi connectivity index (χ0n) is 26.2. The highest BCUT2D eigenvalue weighted by Crippen LogP contribution is 2.74. The predicted molar refractivity (Wildman–Crippen MR) is 188 cm³/mol. The summed E-state index contributed by atoms with van der Waals surface area (Å²) in [7, 11) is 3.22. The number of allylic oxidation sites excluding steroid dienone is 2. The summed E-state index contributed by atoms with van der Waals surface area (Å²) in [6, 6.07) is 41.4. The van der Waals surface area contributed by atoms with Crippen molar-refractivity contribution in [3.8, 4) is 11.5 Å². The first-order chi connectivity index (χ1) is 23.4. The SMILES string of the molecule is COc1ccc(C2=C(c3ccc(OC)cc3)C3(c4ccccc4)C(=O)C2(c2ccccc2)C2C(=O)N(c4ccc(Br)cc4)C(=O)C23)cc1. The maximum absolute atomic E-state index is 16.0. The summed E-state index contributed by atoms with van der Waals surface area (Å²) in [6.07, 6.45) is 0. The molecule has 2 aliphatic carbocycles. The summed E-state index contributed by atoms with van der Waals surface area (Å²) < 4.78 is 11.9. The number of ketones is 1. The van der Waals surface area contributed by atoms with E-state index in [0.717, 1.165) is 26.7 Å². The van der Waals surface area contributed by atoms with Crippen molar-refractivity contribution in [3.05, 3.63) is 160 Å². The number of amides is 2. The molecule has 7 heteroatoms. The number of Topliss-reactive ketones (excluding diaryl/α,β-unsaturated/α-hetero) is 1. The Labute approximate surface area is 286 Å². The topological polar surface area (TPSA) is 72.9 Å².